The van der Waals surface area contributed by atoms with Gasteiger partial charge in [0.05, 0.1) is 17.6 Å². The number of rotatable bonds is 6. The molecule has 1 rings (SSSR count). The number of pyridine rings is 1. The largest absolute Gasteiger partial charge is 0.397 e. The smallest absolute Gasteiger partial charge is 0.149 e. The fourth-order valence-corrected chi connectivity index (χ4v) is 1.22. The normalized spacial score (nSPS) is 10.2. The zero-order chi connectivity index (χ0) is 11.1. The molecule has 1 aromatic heterocycles. The maximum atomic E-state index is 5.74. The Balaban J connectivity index is 2.31. The number of hydrogen-bond acceptors (Lipinski definition) is 5. The van der Waals surface area contributed by atoms with Crippen molar-refractivity contribution < 1.29 is 0 Å². The summed E-state index contributed by atoms with van der Waals surface area (Å²) in [5, 5.41) is 6.43. The molecule has 0 saturated heterocycles. The van der Waals surface area contributed by atoms with Crippen molar-refractivity contribution in [2.75, 3.05) is 36.4 Å². The van der Waals surface area contributed by atoms with Crippen LogP contribution in [0.1, 0.15) is 13.3 Å². The molecule has 0 aliphatic carbocycles. The molecule has 84 valence electrons. The zero-order valence-electron chi connectivity index (χ0n) is 9.09. The molecule has 0 bridgehead atoms. The van der Waals surface area contributed by atoms with Crippen molar-refractivity contribution in [1.29, 1.82) is 0 Å². The Bertz CT molecular complexity index is 300. The number of nitrogens with zero attached hydrogens (tertiary/aromatic N) is 1. The maximum absolute atomic E-state index is 5.74. The number of hydrogen-bond donors (Lipinski definition) is 4. The average Bonchev–Trinajstić information content (AvgIpc) is 2.20. The Morgan fingerprint density at radius 2 is 2.07 bits per heavy atom. The van der Waals surface area contributed by atoms with E-state index < -0.39 is 0 Å². The summed E-state index contributed by atoms with van der Waals surface area (Å²) in [7, 11) is 0. The van der Waals surface area contributed by atoms with E-state index in [4.69, 9.17) is 11.5 Å². The first-order valence-electron chi connectivity index (χ1n) is 5.19. The summed E-state index contributed by atoms with van der Waals surface area (Å²) in [5.74, 6) is 0.697. The molecule has 1 aromatic rings. The molecule has 0 aliphatic rings. The lowest BCUT2D eigenvalue weighted by atomic mass is 10.3. The van der Waals surface area contributed by atoms with Crippen LogP contribution in [0.4, 0.5) is 17.2 Å². The molecular weight excluding hydrogens is 190 g/mol. The molecule has 5 heteroatoms. The quantitative estimate of drug-likeness (QED) is 0.517. The zero-order valence-corrected chi connectivity index (χ0v) is 9.09. The van der Waals surface area contributed by atoms with E-state index in [1.165, 1.54) is 0 Å². The van der Waals surface area contributed by atoms with Crippen molar-refractivity contribution in [3.63, 3.8) is 0 Å². The first-order valence-corrected chi connectivity index (χ1v) is 5.19. The van der Waals surface area contributed by atoms with Crippen molar-refractivity contribution in [2.45, 2.75) is 13.3 Å². The van der Waals surface area contributed by atoms with Crippen LogP contribution in [0.25, 0.3) is 0 Å². The van der Waals surface area contributed by atoms with E-state index in [9.17, 15) is 0 Å². The van der Waals surface area contributed by atoms with Crippen molar-refractivity contribution in [2.24, 2.45) is 0 Å². The highest BCUT2D eigenvalue weighted by molar-refractivity contribution is 5.65. The van der Waals surface area contributed by atoms with Gasteiger partial charge in [-0.3, -0.25) is 0 Å². The lowest BCUT2D eigenvalue weighted by Crippen LogP contribution is -2.23. The highest BCUT2D eigenvalue weighted by atomic mass is 15.0. The van der Waals surface area contributed by atoms with Gasteiger partial charge in [-0.15, -0.1) is 0 Å². The standard InChI is InChI=1S/C10H19N5/c1-2-3-13-4-5-14-10-9(12)6-8(11)7-15-10/h6-7,13H,2-5,11-12H2,1H3,(H,14,15). The third-order valence-corrected chi connectivity index (χ3v) is 1.96. The third-order valence-electron chi connectivity index (χ3n) is 1.96. The lowest BCUT2D eigenvalue weighted by molar-refractivity contribution is 0.687. The van der Waals surface area contributed by atoms with E-state index >= 15 is 0 Å². The molecule has 5 nitrogen and oxygen atoms in total. The highest BCUT2D eigenvalue weighted by Gasteiger charge is 1.99. The molecule has 0 atom stereocenters. The minimum absolute atomic E-state index is 0.585. The first kappa shape index (κ1) is 11.6. The van der Waals surface area contributed by atoms with Crippen LogP contribution in [0.2, 0.25) is 0 Å². The SMILES string of the molecule is CCCNCCNc1ncc(N)cc1N. The highest BCUT2D eigenvalue weighted by Crippen LogP contribution is 2.16. The molecule has 0 aromatic carbocycles. The molecule has 0 radical (unpaired) electrons. The predicted molar refractivity (Wildman–Crippen MR) is 64.7 cm³/mol. The van der Waals surface area contributed by atoms with Gasteiger partial charge in [-0.2, -0.15) is 0 Å². The van der Waals surface area contributed by atoms with Gasteiger partial charge in [-0.05, 0) is 19.0 Å². The Kier molecular flexibility index (Phi) is 4.70. The molecule has 0 amide bonds. The van der Waals surface area contributed by atoms with Crippen LogP contribution in [0.3, 0.4) is 0 Å². The van der Waals surface area contributed by atoms with Crippen molar-refractivity contribution >= 4 is 17.2 Å². The number of nitrogens with two attached hydrogens (primary N) is 2. The van der Waals surface area contributed by atoms with Gasteiger partial charge < -0.3 is 22.1 Å². The Hall–Kier alpha value is -1.49. The Morgan fingerprint density at radius 1 is 1.27 bits per heavy atom. The minimum atomic E-state index is 0.585. The number of anilines is 3. The van der Waals surface area contributed by atoms with E-state index in [2.05, 4.69) is 22.5 Å². The molecule has 1 heterocycles. The van der Waals surface area contributed by atoms with Gasteiger partial charge in [0.1, 0.15) is 5.82 Å². The monoisotopic (exact) mass is 209 g/mol. The van der Waals surface area contributed by atoms with Gasteiger partial charge in [0.15, 0.2) is 0 Å². The van der Waals surface area contributed by atoms with E-state index in [0.29, 0.717) is 17.2 Å². The lowest BCUT2D eigenvalue weighted by Gasteiger charge is -2.08. The van der Waals surface area contributed by atoms with Crippen molar-refractivity contribution in [1.82, 2.24) is 10.3 Å². The molecule has 0 spiro atoms. The van der Waals surface area contributed by atoms with E-state index in [1.807, 2.05) is 0 Å². The molecule has 6 N–H and O–H groups in total. The summed E-state index contributed by atoms with van der Waals surface area (Å²) in [5.41, 5.74) is 12.4. The van der Waals surface area contributed by atoms with Crippen LogP contribution in [-0.2, 0) is 0 Å². The van der Waals surface area contributed by atoms with Crippen LogP contribution in [-0.4, -0.2) is 24.6 Å². The number of aromatic nitrogens is 1. The van der Waals surface area contributed by atoms with Crippen LogP contribution >= 0.6 is 0 Å². The average molecular weight is 209 g/mol. The van der Waals surface area contributed by atoms with E-state index in [-0.39, 0.29) is 0 Å². The van der Waals surface area contributed by atoms with Crippen LogP contribution in [0.15, 0.2) is 12.3 Å². The second-order valence-corrected chi connectivity index (χ2v) is 3.38. The van der Waals surface area contributed by atoms with Crippen LogP contribution < -0.4 is 22.1 Å². The van der Waals surface area contributed by atoms with Crippen LogP contribution in [0.5, 0.6) is 0 Å². The summed E-state index contributed by atoms with van der Waals surface area (Å²) in [6.45, 7) is 4.88. The number of nitrogen functional groups attached to an aromatic ring is 2. The summed E-state index contributed by atoms with van der Waals surface area (Å²) >= 11 is 0. The third kappa shape index (κ3) is 4.03. The summed E-state index contributed by atoms with van der Waals surface area (Å²) in [6.07, 6.45) is 2.74. The molecule has 0 fully saturated rings. The van der Waals surface area contributed by atoms with E-state index in [0.717, 1.165) is 26.1 Å². The van der Waals surface area contributed by atoms with Gasteiger partial charge in [-0.25, -0.2) is 4.98 Å². The Morgan fingerprint density at radius 3 is 2.73 bits per heavy atom. The fourth-order valence-electron chi connectivity index (χ4n) is 1.22. The fraction of sp³-hybridized carbons (Fsp3) is 0.500. The topological polar surface area (TPSA) is 89.0 Å². The summed E-state index contributed by atoms with van der Waals surface area (Å²) in [4.78, 5) is 4.11. The first-order chi connectivity index (χ1) is 7.24. The van der Waals surface area contributed by atoms with Crippen LogP contribution in [0, 0.1) is 0 Å². The molecule has 0 unspecified atom stereocenters. The summed E-state index contributed by atoms with van der Waals surface area (Å²) in [6, 6.07) is 1.70. The maximum Gasteiger partial charge on any atom is 0.149 e. The minimum Gasteiger partial charge on any atom is -0.397 e. The van der Waals surface area contributed by atoms with Gasteiger partial charge in [0.2, 0.25) is 0 Å². The van der Waals surface area contributed by atoms with Crippen molar-refractivity contribution in [3.8, 4) is 0 Å². The van der Waals surface area contributed by atoms with Gasteiger partial charge in [0.25, 0.3) is 0 Å². The second kappa shape index (κ2) is 6.08. The van der Waals surface area contributed by atoms with Gasteiger partial charge in [-0.1, -0.05) is 6.92 Å². The molecular formula is C10H19N5. The van der Waals surface area contributed by atoms with Crippen molar-refractivity contribution in [3.05, 3.63) is 12.3 Å². The van der Waals surface area contributed by atoms with Gasteiger partial charge >= 0.3 is 0 Å². The van der Waals surface area contributed by atoms with Gasteiger partial charge in [0, 0.05) is 13.1 Å². The Labute approximate surface area is 90.3 Å². The summed E-state index contributed by atoms with van der Waals surface area (Å²) < 4.78 is 0. The molecule has 0 aliphatic heterocycles. The predicted octanol–water partition coefficient (Wildman–Crippen LogP) is 0.657. The molecule has 0 saturated carbocycles. The second-order valence-electron chi connectivity index (χ2n) is 3.38. The van der Waals surface area contributed by atoms with E-state index in [1.54, 1.807) is 12.3 Å². The number of nitrogens with one attached hydrogen (secondary N) is 2. The molecule has 15 heavy (non-hydrogen) atoms.